The third kappa shape index (κ3) is 2.29. The summed E-state index contributed by atoms with van der Waals surface area (Å²) in [6.45, 7) is 0. The maximum absolute atomic E-state index is 10.9. The summed E-state index contributed by atoms with van der Waals surface area (Å²) in [5, 5.41) is -0.597. The van der Waals surface area contributed by atoms with E-state index in [4.69, 9.17) is 27.6 Å². The maximum Gasteiger partial charge on any atom is 0.287 e. The van der Waals surface area contributed by atoms with Crippen LogP contribution in [0.5, 0.6) is 0 Å². The Labute approximate surface area is 103 Å². The van der Waals surface area contributed by atoms with Gasteiger partial charge in [-0.3, -0.25) is 4.79 Å². The van der Waals surface area contributed by atoms with Gasteiger partial charge in [0.2, 0.25) is 0 Å². The molecule has 1 heterocycles. The van der Waals surface area contributed by atoms with Crippen LogP contribution in [0.3, 0.4) is 0 Å². The highest BCUT2D eigenvalue weighted by Crippen LogP contribution is 2.24. The van der Waals surface area contributed by atoms with Crippen LogP contribution in [0.25, 0.3) is 11.3 Å². The highest BCUT2D eigenvalue weighted by atomic mass is 35.5. The zero-order valence-electron chi connectivity index (χ0n) is 8.24. The van der Waals surface area contributed by atoms with Crippen LogP contribution in [0.2, 0.25) is 0 Å². The lowest BCUT2D eigenvalue weighted by atomic mass is 10.1. The van der Waals surface area contributed by atoms with Crippen LogP contribution in [-0.4, -0.2) is 5.24 Å². The molecule has 16 heavy (non-hydrogen) atoms. The highest BCUT2D eigenvalue weighted by molar-refractivity contribution is 6.67. The first-order chi connectivity index (χ1) is 7.70. The summed E-state index contributed by atoms with van der Waals surface area (Å²) in [7, 11) is 0. The topological polar surface area (TPSA) is 30.2 Å². The minimum absolute atomic E-state index is 0.146. The Kier molecular flexibility index (Phi) is 3.32. The Hall–Kier alpha value is -1.25. The van der Waals surface area contributed by atoms with E-state index in [9.17, 15) is 4.79 Å². The number of hydrogen-bond donors (Lipinski definition) is 0. The summed E-state index contributed by atoms with van der Waals surface area (Å²) in [6, 6.07) is 10.9. The summed E-state index contributed by atoms with van der Waals surface area (Å²) < 4.78 is 5.31. The lowest BCUT2D eigenvalue weighted by molar-refractivity contribution is 0.105. The number of carbonyl (C=O) groups excluding carboxylic acids is 1. The summed E-state index contributed by atoms with van der Waals surface area (Å²) in [5.74, 6) is 1.19. The van der Waals surface area contributed by atoms with Gasteiger partial charge in [-0.2, -0.15) is 0 Å². The molecule has 0 saturated heterocycles. The second-order valence-corrected chi connectivity index (χ2v) is 3.88. The van der Waals surface area contributed by atoms with E-state index in [-0.39, 0.29) is 5.76 Å². The van der Waals surface area contributed by atoms with E-state index in [2.05, 4.69) is 0 Å². The summed E-state index contributed by atoms with van der Waals surface area (Å²) in [5.41, 5.74) is 1.87. The minimum atomic E-state index is -0.597. The van der Waals surface area contributed by atoms with Crippen molar-refractivity contribution >= 4 is 28.4 Å². The SMILES string of the molecule is O=C(Cl)c1ccc(-c2cccc(CCl)c2)o1. The fourth-order valence-corrected chi connectivity index (χ4v) is 1.67. The van der Waals surface area contributed by atoms with Crippen molar-refractivity contribution in [2.24, 2.45) is 0 Å². The molecule has 1 aromatic carbocycles. The molecule has 0 fully saturated rings. The van der Waals surface area contributed by atoms with Crippen LogP contribution >= 0.6 is 23.2 Å². The van der Waals surface area contributed by atoms with E-state index < -0.39 is 5.24 Å². The molecule has 2 aromatic rings. The Balaban J connectivity index is 2.38. The molecule has 4 heteroatoms. The molecule has 0 atom stereocenters. The summed E-state index contributed by atoms with van der Waals surface area (Å²) in [4.78, 5) is 10.9. The number of furan rings is 1. The third-order valence-electron chi connectivity index (χ3n) is 2.17. The van der Waals surface area contributed by atoms with Gasteiger partial charge in [-0.15, -0.1) is 11.6 Å². The second kappa shape index (κ2) is 4.73. The number of rotatable bonds is 3. The van der Waals surface area contributed by atoms with Gasteiger partial charge in [-0.25, -0.2) is 0 Å². The molecular formula is C12H8Cl2O2. The van der Waals surface area contributed by atoms with E-state index in [1.54, 1.807) is 12.1 Å². The Morgan fingerprint density at radius 3 is 2.69 bits per heavy atom. The molecule has 0 unspecified atom stereocenters. The molecule has 0 aliphatic rings. The van der Waals surface area contributed by atoms with Gasteiger partial charge in [-0.05, 0) is 35.4 Å². The van der Waals surface area contributed by atoms with Crippen molar-refractivity contribution in [2.75, 3.05) is 0 Å². The van der Waals surface area contributed by atoms with Gasteiger partial charge in [0, 0.05) is 11.4 Å². The van der Waals surface area contributed by atoms with Crippen molar-refractivity contribution in [1.82, 2.24) is 0 Å². The van der Waals surface area contributed by atoms with Gasteiger partial charge >= 0.3 is 0 Å². The van der Waals surface area contributed by atoms with E-state index >= 15 is 0 Å². The molecule has 0 bridgehead atoms. The second-order valence-electron chi connectivity index (χ2n) is 3.27. The Morgan fingerprint density at radius 1 is 1.25 bits per heavy atom. The first-order valence-corrected chi connectivity index (χ1v) is 5.57. The van der Waals surface area contributed by atoms with Crippen molar-refractivity contribution in [3.8, 4) is 11.3 Å². The molecule has 0 aliphatic carbocycles. The average molecular weight is 255 g/mol. The van der Waals surface area contributed by atoms with Gasteiger partial charge in [0.05, 0.1) is 0 Å². The Bertz CT molecular complexity index is 517. The predicted molar refractivity (Wildman–Crippen MR) is 63.9 cm³/mol. The molecule has 0 spiro atoms. The predicted octanol–water partition coefficient (Wildman–Crippen LogP) is 4.06. The zero-order chi connectivity index (χ0) is 11.5. The molecule has 0 aliphatic heterocycles. The van der Waals surface area contributed by atoms with Crippen LogP contribution in [0, 0.1) is 0 Å². The third-order valence-corrected chi connectivity index (χ3v) is 2.66. The van der Waals surface area contributed by atoms with Crippen LogP contribution in [0.4, 0.5) is 0 Å². The molecule has 0 saturated carbocycles. The number of halogens is 2. The van der Waals surface area contributed by atoms with Crippen molar-refractivity contribution in [2.45, 2.75) is 5.88 Å². The standard InChI is InChI=1S/C12H8Cl2O2/c13-7-8-2-1-3-9(6-8)10-4-5-11(16-10)12(14)15/h1-6H,7H2. The minimum Gasteiger partial charge on any atom is -0.452 e. The summed E-state index contributed by atoms with van der Waals surface area (Å²) in [6.07, 6.45) is 0. The largest absolute Gasteiger partial charge is 0.452 e. The fourth-order valence-electron chi connectivity index (χ4n) is 1.41. The quantitative estimate of drug-likeness (QED) is 0.611. The monoisotopic (exact) mass is 254 g/mol. The number of hydrogen-bond acceptors (Lipinski definition) is 2. The van der Waals surface area contributed by atoms with E-state index in [0.29, 0.717) is 11.6 Å². The smallest absolute Gasteiger partial charge is 0.287 e. The fraction of sp³-hybridized carbons (Fsp3) is 0.0833. The molecule has 2 nitrogen and oxygen atoms in total. The molecule has 82 valence electrons. The molecule has 1 aromatic heterocycles. The van der Waals surface area contributed by atoms with Gasteiger partial charge in [0.25, 0.3) is 5.24 Å². The van der Waals surface area contributed by atoms with Crippen LogP contribution in [0.15, 0.2) is 40.8 Å². The van der Waals surface area contributed by atoms with Crippen molar-refractivity contribution < 1.29 is 9.21 Å². The lowest BCUT2D eigenvalue weighted by Crippen LogP contribution is -1.82. The molecule has 0 radical (unpaired) electrons. The number of alkyl halides is 1. The van der Waals surface area contributed by atoms with Gasteiger partial charge in [0.15, 0.2) is 5.76 Å². The van der Waals surface area contributed by atoms with Gasteiger partial charge in [0.1, 0.15) is 5.76 Å². The highest BCUT2D eigenvalue weighted by Gasteiger charge is 2.09. The lowest BCUT2D eigenvalue weighted by Gasteiger charge is -1.99. The van der Waals surface area contributed by atoms with Gasteiger partial charge < -0.3 is 4.42 Å². The molecule has 0 amide bonds. The number of benzene rings is 1. The zero-order valence-corrected chi connectivity index (χ0v) is 9.76. The van der Waals surface area contributed by atoms with Crippen LogP contribution < -0.4 is 0 Å². The maximum atomic E-state index is 10.9. The van der Waals surface area contributed by atoms with Crippen molar-refractivity contribution in [3.63, 3.8) is 0 Å². The Morgan fingerprint density at radius 2 is 2.06 bits per heavy atom. The van der Waals surface area contributed by atoms with Gasteiger partial charge in [-0.1, -0.05) is 18.2 Å². The molecule has 0 N–H and O–H groups in total. The van der Waals surface area contributed by atoms with Crippen LogP contribution in [0.1, 0.15) is 16.1 Å². The van der Waals surface area contributed by atoms with E-state index in [1.807, 2.05) is 24.3 Å². The number of carbonyl (C=O) groups is 1. The van der Waals surface area contributed by atoms with Crippen molar-refractivity contribution in [1.29, 1.82) is 0 Å². The molecule has 2 rings (SSSR count). The molecular weight excluding hydrogens is 247 g/mol. The first-order valence-electron chi connectivity index (χ1n) is 4.65. The van der Waals surface area contributed by atoms with Crippen LogP contribution in [-0.2, 0) is 5.88 Å². The van der Waals surface area contributed by atoms with Crippen molar-refractivity contribution in [3.05, 3.63) is 47.7 Å². The summed E-state index contributed by atoms with van der Waals surface area (Å²) >= 11 is 11.0. The first kappa shape index (κ1) is 11.2. The van der Waals surface area contributed by atoms with E-state index in [1.165, 1.54) is 0 Å². The average Bonchev–Trinajstić information content (AvgIpc) is 2.78. The normalized spacial score (nSPS) is 10.4. The van der Waals surface area contributed by atoms with E-state index in [0.717, 1.165) is 11.1 Å².